The maximum absolute atomic E-state index is 11.2. The standard InChI is InChI=1S/C12H15NO4/c14-10(9-4-2-1-3-5-9)8-13-11(15)6-7-12(16)17/h1-5,10,14H,6-8H2,(H,13,15)(H,16,17). The topological polar surface area (TPSA) is 86.6 Å². The summed E-state index contributed by atoms with van der Waals surface area (Å²) in [7, 11) is 0. The Hall–Kier alpha value is -1.88. The van der Waals surface area contributed by atoms with E-state index < -0.39 is 12.1 Å². The van der Waals surface area contributed by atoms with Crippen LogP contribution in [0.4, 0.5) is 0 Å². The van der Waals surface area contributed by atoms with Gasteiger partial charge in [0, 0.05) is 13.0 Å². The second-order valence-corrected chi connectivity index (χ2v) is 3.62. The number of carbonyl (C=O) groups excluding carboxylic acids is 1. The first kappa shape index (κ1) is 13.2. The van der Waals surface area contributed by atoms with Crippen LogP contribution in [0, 0.1) is 0 Å². The Morgan fingerprint density at radius 2 is 1.82 bits per heavy atom. The number of hydrogen-bond donors (Lipinski definition) is 3. The number of nitrogens with one attached hydrogen (secondary N) is 1. The van der Waals surface area contributed by atoms with Crippen molar-refractivity contribution in [3.05, 3.63) is 35.9 Å². The number of carboxylic acids is 1. The molecule has 0 spiro atoms. The normalized spacial score (nSPS) is 11.8. The van der Waals surface area contributed by atoms with Crippen LogP contribution < -0.4 is 5.32 Å². The fourth-order valence-electron chi connectivity index (χ4n) is 1.31. The van der Waals surface area contributed by atoms with Crippen LogP contribution in [0.25, 0.3) is 0 Å². The minimum absolute atomic E-state index is 0.0726. The molecule has 1 aromatic rings. The molecule has 1 aromatic carbocycles. The van der Waals surface area contributed by atoms with Crippen molar-refractivity contribution in [3.8, 4) is 0 Å². The molecule has 5 heteroatoms. The molecule has 1 atom stereocenters. The summed E-state index contributed by atoms with van der Waals surface area (Å²) in [5, 5.41) is 20.6. The van der Waals surface area contributed by atoms with E-state index in [0.717, 1.165) is 0 Å². The molecular formula is C12H15NO4. The molecule has 0 aliphatic carbocycles. The van der Waals surface area contributed by atoms with Gasteiger partial charge in [-0.2, -0.15) is 0 Å². The number of hydrogen-bond acceptors (Lipinski definition) is 3. The second kappa shape index (κ2) is 6.65. The molecule has 0 saturated heterocycles. The van der Waals surface area contributed by atoms with Gasteiger partial charge in [-0.05, 0) is 5.56 Å². The molecule has 0 aliphatic heterocycles. The highest BCUT2D eigenvalue weighted by atomic mass is 16.4. The van der Waals surface area contributed by atoms with Crippen molar-refractivity contribution in [2.75, 3.05) is 6.54 Å². The molecule has 0 heterocycles. The number of amides is 1. The number of aliphatic hydroxyl groups is 1. The lowest BCUT2D eigenvalue weighted by Crippen LogP contribution is -2.28. The average molecular weight is 237 g/mol. The van der Waals surface area contributed by atoms with E-state index in [9.17, 15) is 14.7 Å². The SMILES string of the molecule is O=C(O)CCC(=O)NCC(O)c1ccccc1. The molecule has 0 bridgehead atoms. The van der Waals surface area contributed by atoms with Gasteiger partial charge in [0.25, 0.3) is 0 Å². The van der Waals surface area contributed by atoms with Crippen LogP contribution in [0.5, 0.6) is 0 Å². The van der Waals surface area contributed by atoms with Gasteiger partial charge >= 0.3 is 5.97 Å². The van der Waals surface area contributed by atoms with Crippen LogP contribution in [0.1, 0.15) is 24.5 Å². The summed E-state index contributed by atoms with van der Waals surface area (Å²) in [5.74, 6) is -1.38. The van der Waals surface area contributed by atoms with Crippen molar-refractivity contribution in [2.45, 2.75) is 18.9 Å². The molecule has 3 N–H and O–H groups in total. The Balaban J connectivity index is 2.31. The summed E-state index contributed by atoms with van der Waals surface area (Å²) in [6.45, 7) is 0.0858. The largest absolute Gasteiger partial charge is 0.481 e. The van der Waals surface area contributed by atoms with Crippen molar-refractivity contribution in [1.82, 2.24) is 5.32 Å². The summed E-state index contributed by atoms with van der Waals surface area (Å²) >= 11 is 0. The van der Waals surface area contributed by atoms with E-state index in [1.54, 1.807) is 24.3 Å². The second-order valence-electron chi connectivity index (χ2n) is 3.62. The fraction of sp³-hybridized carbons (Fsp3) is 0.333. The summed E-state index contributed by atoms with van der Waals surface area (Å²) in [6.07, 6.45) is -1.05. The smallest absolute Gasteiger partial charge is 0.303 e. The first-order valence-corrected chi connectivity index (χ1v) is 5.31. The summed E-state index contributed by atoms with van der Waals surface area (Å²) in [5.41, 5.74) is 0.714. The number of aliphatic carboxylic acids is 1. The predicted octanol–water partition coefficient (Wildman–Crippen LogP) is 0.701. The Morgan fingerprint density at radius 1 is 1.18 bits per heavy atom. The average Bonchev–Trinajstić information content (AvgIpc) is 2.34. The van der Waals surface area contributed by atoms with Gasteiger partial charge in [0.2, 0.25) is 5.91 Å². The van der Waals surface area contributed by atoms with Crippen molar-refractivity contribution < 1.29 is 19.8 Å². The molecular weight excluding hydrogens is 222 g/mol. The van der Waals surface area contributed by atoms with Gasteiger partial charge in [0.05, 0.1) is 12.5 Å². The third-order valence-corrected chi connectivity index (χ3v) is 2.24. The lowest BCUT2D eigenvalue weighted by atomic mass is 10.1. The van der Waals surface area contributed by atoms with Crippen LogP contribution in [-0.4, -0.2) is 28.6 Å². The minimum atomic E-state index is -1.01. The molecule has 0 aromatic heterocycles. The summed E-state index contributed by atoms with van der Waals surface area (Å²) in [6, 6.07) is 8.94. The highest BCUT2D eigenvalue weighted by Gasteiger charge is 2.09. The van der Waals surface area contributed by atoms with E-state index in [1.807, 2.05) is 6.07 Å². The molecule has 0 saturated carbocycles. The minimum Gasteiger partial charge on any atom is -0.481 e. The highest BCUT2D eigenvalue weighted by Crippen LogP contribution is 2.10. The molecule has 92 valence electrons. The zero-order valence-corrected chi connectivity index (χ0v) is 9.30. The van der Waals surface area contributed by atoms with Crippen LogP contribution in [-0.2, 0) is 9.59 Å². The van der Waals surface area contributed by atoms with Gasteiger partial charge in [-0.1, -0.05) is 30.3 Å². The van der Waals surface area contributed by atoms with Gasteiger partial charge in [0.1, 0.15) is 0 Å². The number of carbonyl (C=O) groups is 2. The van der Waals surface area contributed by atoms with Crippen molar-refractivity contribution in [2.24, 2.45) is 0 Å². The number of carboxylic acid groups (broad SMARTS) is 1. The van der Waals surface area contributed by atoms with Gasteiger partial charge < -0.3 is 15.5 Å². The quantitative estimate of drug-likeness (QED) is 0.679. The zero-order valence-electron chi connectivity index (χ0n) is 9.30. The summed E-state index contributed by atoms with van der Waals surface area (Å²) in [4.78, 5) is 21.4. The van der Waals surface area contributed by atoms with Gasteiger partial charge in [0.15, 0.2) is 0 Å². The Kier molecular flexibility index (Phi) is 5.16. The lowest BCUT2D eigenvalue weighted by Gasteiger charge is -2.11. The molecule has 17 heavy (non-hydrogen) atoms. The van der Waals surface area contributed by atoms with Crippen molar-refractivity contribution >= 4 is 11.9 Å². The van der Waals surface area contributed by atoms with E-state index in [1.165, 1.54) is 0 Å². The van der Waals surface area contributed by atoms with E-state index in [4.69, 9.17) is 5.11 Å². The number of benzene rings is 1. The first-order valence-electron chi connectivity index (χ1n) is 5.31. The number of aliphatic hydroxyl groups excluding tert-OH is 1. The Bertz CT molecular complexity index is 377. The van der Waals surface area contributed by atoms with Crippen LogP contribution in [0.3, 0.4) is 0 Å². The predicted molar refractivity (Wildman–Crippen MR) is 61.3 cm³/mol. The molecule has 1 unspecified atom stereocenters. The van der Waals surface area contributed by atoms with Crippen LogP contribution in [0.2, 0.25) is 0 Å². The van der Waals surface area contributed by atoms with Gasteiger partial charge in [-0.3, -0.25) is 9.59 Å². The molecule has 0 aliphatic rings. The lowest BCUT2D eigenvalue weighted by molar-refractivity contribution is -0.138. The maximum Gasteiger partial charge on any atom is 0.303 e. The van der Waals surface area contributed by atoms with Crippen LogP contribution >= 0.6 is 0 Å². The first-order chi connectivity index (χ1) is 8.09. The molecule has 0 fully saturated rings. The third-order valence-electron chi connectivity index (χ3n) is 2.24. The van der Waals surface area contributed by atoms with E-state index in [2.05, 4.69) is 5.32 Å². The Labute approximate surface area is 99.1 Å². The monoisotopic (exact) mass is 237 g/mol. The third kappa shape index (κ3) is 5.12. The molecule has 0 radical (unpaired) electrons. The highest BCUT2D eigenvalue weighted by molar-refractivity contribution is 5.80. The summed E-state index contributed by atoms with van der Waals surface area (Å²) < 4.78 is 0. The van der Waals surface area contributed by atoms with E-state index >= 15 is 0 Å². The van der Waals surface area contributed by atoms with E-state index in [-0.39, 0.29) is 25.3 Å². The number of rotatable bonds is 6. The zero-order chi connectivity index (χ0) is 12.7. The van der Waals surface area contributed by atoms with Gasteiger partial charge in [-0.15, -0.1) is 0 Å². The van der Waals surface area contributed by atoms with E-state index in [0.29, 0.717) is 5.56 Å². The van der Waals surface area contributed by atoms with Crippen LogP contribution in [0.15, 0.2) is 30.3 Å². The molecule has 5 nitrogen and oxygen atoms in total. The maximum atomic E-state index is 11.2. The molecule has 1 amide bonds. The van der Waals surface area contributed by atoms with Crippen molar-refractivity contribution in [1.29, 1.82) is 0 Å². The van der Waals surface area contributed by atoms with Crippen molar-refractivity contribution in [3.63, 3.8) is 0 Å². The fourth-order valence-corrected chi connectivity index (χ4v) is 1.31. The molecule has 1 rings (SSSR count). The van der Waals surface area contributed by atoms with Gasteiger partial charge in [-0.25, -0.2) is 0 Å². The Morgan fingerprint density at radius 3 is 2.41 bits per heavy atom.